The Hall–Kier alpha value is -3.02. The zero-order chi connectivity index (χ0) is 26.3. The first-order valence-electron chi connectivity index (χ1n) is 11.3. The molecular weight excluding hydrogens is 508 g/mol. The zero-order valence-corrected chi connectivity index (χ0v) is 22.7. The molecular formula is C26H43N6O3S2+. The smallest absolute Gasteiger partial charge is 0.358 e. The number of nitrogens with one attached hydrogen (secondary N) is 1. The number of aromatic nitrogens is 5. The van der Waals surface area contributed by atoms with Gasteiger partial charge in [0.15, 0.2) is 0 Å². The highest BCUT2D eigenvalue weighted by molar-refractivity contribution is 7.99. The van der Waals surface area contributed by atoms with Crippen molar-refractivity contribution in [3.63, 3.8) is 0 Å². The average Bonchev–Trinajstić information content (AvgIpc) is 3.30. The maximum Gasteiger partial charge on any atom is 0.358 e. The van der Waals surface area contributed by atoms with Crippen LogP contribution in [-0.4, -0.2) is 52.1 Å². The molecule has 0 spiro atoms. The van der Waals surface area contributed by atoms with Crippen molar-refractivity contribution in [1.29, 1.82) is 0 Å². The van der Waals surface area contributed by atoms with Crippen molar-refractivity contribution >= 4 is 32.8 Å². The zero-order valence-electron chi connectivity index (χ0n) is 21.1. The van der Waals surface area contributed by atoms with Crippen LogP contribution in [0.25, 0.3) is 16.7 Å². The van der Waals surface area contributed by atoms with E-state index >= 15 is 0 Å². The van der Waals surface area contributed by atoms with Crippen molar-refractivity contribution in [3.8, 4) is 11.4 Å². The van der Waals surface area contributed by atoms with Gasteiger partial charge in [-0.1, -0.05) is 66.8 Å². The molecule has 0 saturated carbocycles. The molecule has 0 fully saturated rings. The number of thioether (sulfide) groups is 1. The Morgan fingerprint density at radius 1 is 0.946 bits per heavy atom. The second-order valence-electron chi connectivity index (χ2n) is 6.50. The van der Waals surface area contributed by atoms with E-state index in [0.29, 0.717) is 18.0 Å². The third-order valence-corrected chi connectivity index (χ3v) is 5.75. The predicted molar refractivity (Wildman–Crippen MR) is 156 cm³/mol. The van der Waals surface area contributed by atoms with E-state index in [1.165, 1.54) is 16.6 Å². The van der Waals surface area contributed by atoms with Crippen LogP contribution in [0.3, 0.4) is 0 Å². The van der Waals surface area contributed by atoms with Gasteiger partial charge in [0.05, 0.1) is 19.5 Å². The largest absolute Gasteiger partial charge is 0.506 e. The quantitative estimate of drug-likeness (QED) is 0.150. The predicted octanol–water partition coefficient (Wildman–Crippen LogP) is 5.00. The topological polar surface area (TPSA) is 114 Å². The minimum Gasteiger partial charge on any atom is -0.506 e. The summed E-state index contributed by atoms with van der Waals surface area (Å²) >= 11 is 1.51. The number of aryl methyl sites for hydroxylation is 1. The molecule has 0 aliphatic heterocycles. The summed E-state index contributed by atoms with van der Waals surface area (Å²) in [6.45, 7) is 8.42. The molecule has 0 aliphatic carbocycles. The molecule has 2 aromatic carbocycles. The van der Waals surface area contributed by atoms with E-state index in [-0.39, 0.29) is 20.6 Å². The van der Waals surface area contributed by atoms with Gasteiger partial charge in [-0.3, -0.25) is 0 Å². The lowest BCUT2D eigenvalue weighted by Gasteiger charge is -2.00. The van der Waals surface area contributed by atoms with Gasteiger partial charge >= 0.3 is 5.16 Å². The van der Waals surface area contributed by atoms with Crippen LogP contribution in [0, 0.1) is 0 Å². The van der Waals surface area contributed by atoms with E-state index < -0.39 is 10.0 Å². The molecule has 2 heterocycles. The van der Waals surface area contributed by atoms with E-state index in [0.717, 1.165) is 22.4 Å². The molecule has 0 aliphatic rings. The average molecular weight is 552 g/mol. The monoisotopic (exact) mass is 551 g/mol. The van der Waals surface area contributed by atoms with Crippen LogP contribution in [0.15, 0.2) is 72.1 Å². The third-order valence-electron chi connectivity index (χ3n) is 3.96. The van der Waals surface area contributed by atoms with Crippen molar-refractivity contribution in [2.45, 2.75) is 47.7 Å². The van der Waals surface area contributed by atoms with Gasteiger partial charge in [-0.05, 0) is 41.0 Å². The van der Waals surface area contributed by atoms with Gasteiger partial charge < -0.3 is 5.11 Å². The molecule has 206 valence electrons. The van der Waals surface area contributed by atoms with Gasteiger partial charge in [0.2, 0.25) is 10.0 Å². The van der Waals surface area contributed by atoms with Crippen LogP contribution in [-0.2, 0) is 17.1 Å². The number of rotatable bonds is 6. The van der Waals surface area contributed by atoms with Crippen LogP contribution >= 0.6 is 11.8 Å². The summed E-state index contributed by atoms with van der Waals surface area (Å²) in [4.78, 5) is 5.61. The molecule has 4 rings (SSSR count). The Kier molecular flexibility index (Phi) is 18.7. The Morgan fingerprint density at radius 3 is 2.00 bits per heavy atom. The number of benzene rings is 2. The molecule has 0 radical (unpaired) electrons. The molecule has 0 bridgehead atoms. The highest BCUT2D eigenvalue weighted by atomic mass is 32.2. The third kappa shape index (κ3) is 12.7. The normalized spacial score (nSPS) is 9.68. The number of hydrogen-bond acceptors (Lipinski definition) is 7. The van der Waals surface area contributed by atoms with Gasteiger partial charge in [0.25, 0.3) is 0 Å². The number of sulfonamides is 1. The lowest BCUT2D eigenvalue weighted by Crippen LogP contribution is -2.32. The molecule has 2 N–H and O–H groups in total. The van der Waals surface area contributed by atoms with E-state index in [1.807, 2.05) is 81.9 Å². The summed E-state index contributed by atoms with van der Waals surface area (Å²) in [5, 5.41) is 19.1. The molecule has 4 aromatic rings. The van der Waals surface area contributed by atoms with Gasteiger partial charge in [0.1, 0.15) is 28.7 Å². The molecule has 11 heteroatoms. The van der Waals surface area contributed by atoms with Gasteiger partial charge in [-0.2, -0.15) is 0 Å². The SMILES string of the molecule is C.C.CC.CC.C[n+]1cccnc1SCCNS(C)(=O)=O.Oc1ccccc1-n1nc2ccccc2n1. The van der Waals surface area contributed by atoms with Crippen molar-refractivity contribution in [3.05, 3.63) is 67.0 Å². The summed E-state index contributed by atoms with van der Waals surface area (Å²) < 4.78 is 25.9. The molecule has 9 nitrogen and oxygen atoms in total. The van der Waals surface area contributed by atoms with Crippen LogP contribution in [0.4, 0.5) is 0 Å². The Labute approximate surface area is 227 Å². The first kappa shape index (κ1) is 36.1. The van der Waals surface area contributed by atoms with Crippen molar-refractivity contribution in [1.82, 2.24) is 24.7 Å². The maximum atomic E-state index is 10.8. The van der Waals surface area contributed by atoms with E-state index in [2.05, 4.69) is 19.9 Å². The van der Waals surface area contributed by atoms with E-state index in [4.69, 9.17) is 0 Å². The Bertz CT molecular complexity index is 1230. The minimum atomic E-state index is -3.08. The number of para-hydroxylation sites is 2. The second kappa shape index (κ2) is 19.1. The molecule has 37 heavy (non-hydrogen) atoms. The number of nitrogens with zero attached hydrogens (tertiary/aromatic N) is 5. The fourth-order valence-corrected chi connectivity index (χ4v) is 3.93. The maximum absolute atomic E-state index is 10.8. The Morgan fingerprint density at radius 2 is 1.49 bits per heavy atom. The Balaban J connectivity index is 0. The van der Waals surface area contributed by atoms with Gasteiger partial charge in [-0.15, -0.1) is 15.0 Å². The summed E-state index contributed by atoms with van der Waals surface area (Å²) in [5.41, 5.74) is 2.20. The molecule has 0 atom stereocenters. The highest BCUT2D eigenvalue weighted by Crippen LogP contribution is 2.20. The number of phenols is 1. The highest BCUT2D eigenvalue weighted by Gasteiger charge is 2.09. The lowest BCUT2D eigenvalue weighted by atomic mass is 10.3. The standard InChI is InChI=1S/C12H9N3O.C8H14N3O2S2.2C2H6.2CH4/c16-12-8-4-3-7-11(12)15-13-9-5-1-2-6-10(9)14-15;1-11-6-3-4-9-8(11)14-7-5-10-15(2,12)13;2*1-2;;/h1-8,16H;3-4,6,10H,5,7H2,1-2H3;2*1-2H3;2*1H4/q;+1;;;;. The van der Waals surface area contributed by atoms with Crippen LogP contribution < -0.4 is 9.29 Å². The number of phenolic OH excluding ortho intramolecular Hbond substituents is 1. The summed E-state index contributed by atoms with van der Waals surface area (Å²) in [7, 11) is -1.18. The second-order valence-corrected chi connectivity index (χ2v) is 9.39. The van der Waals surface area contributed by atoms with Crippen molar-refractivity contribution < 1.29 is 18.1 Å². The summed E-state index contributed by atoms with van der Waals surface area (Å²) in [6.07, 6.45) is 4.77. The van der Waals surface area contributed by atoms with Crippen molar-refractivity contribution in [2.24, 2.45) is 7.05 Å². The first-order valence-corrected chi connectivity index (χ1v) is 14.2. The fourth-order valence-electron chi connectivity index (χ4n) is 2.54. The number of hydrogen-bond donors (Lipinski definition) is 2. The van der Waals surface area contributed by atoms with Crippen LogP contribution in [0.2, 0.25) is 0 Å². The fraction of sp³-hybridized carbons (Fsp3) is 0.385. The first-order chi connectivity index (χ1) is 16.8. The number of fused-ring (bicyclic) bond motifs is 1. The van der Waals surface area contributed by atoms with E-state index in [9.17, 15) is 13.5 Å². The molecule has 2 aromatic heterocycles. The van der Waals surface area contributed by atoms with Crippen LogP contribution in [0.5, 0.6) is 5.75 Å². The molecule has 0 saturated heterocycles. The summed E-state index contributed by atoms with van der Waals surface area (Å²) in [5.74, 6) is 0.834. The molecule has 0 amide bonds. The number of aromatic hydroxyl groups is 1. The van der Waals surface area contributed by atoms with Gasteiger partial charge in [0, 0.05) is 18.4 Å². The van der Waals surface area contributed by atoms with E-state index in [1.54, 1.807) is 24.4 Å². The lowest BCUT2D eigenvalue weighted by molar-refractivity contribution is -0.713. The molecule has 0 unspecified atom stereocenters. The summed E-state index contributed by atoms with van der Waals surface area (Å²) in [6, 6.07) is 16.4. The van der Waals surface area contributed by atoms with Gasteiger partial charge in [-0.25, -0.2) is 17.7 Å². The van der Waals surface area contributed by atoms with Crippen LogP contribution in [0.1, 0.15) is 42.5 Å². The van der Waals surface area contributed by atoms with Crippen molar-refractivity contribution in [2.75, 3.05) is 18.6 Å². The minimum absolute atomic E-state index is 0.